The Morgan fingerprint density at radius 2 is 1.86 bits per heavy atom. The second-order valence-electron chi connectivity index (χ2n) is 5.46. The van der Waals surface area contributed by atoms with Gasteiger partial charge >= 0.3 is 0 Å². The fourth-order valence-corrected chi connectivity index (χ4v) is 2.72. The second kappa shape index (κ2) is 6.64. The predicted molar refractivity (Wildman–Crippen MR) is 88.0 cm³/mol. The smallest absolute Gasteiger partial charge is 0.0642 e. The van der Waals surface area contributed by atoms with Gasteiger partial charge in [-0.2, -0.15) is 0 Å². The Bertz CT molecular complexity index is 591. The number of rotatable bonds is 4. The molecule has 2 aromatic rings. The maximum atomic E-state index is 5.44. The number of ether oxygens (including phenoxy) is 1. The van der Waals surface area contributed by atoms with E-state index in [9.17, 15) is 0 Å². The Hall–Kier alpha value is -2.00. The van der Waals surface area contributed by atoms with Crippen molar-refractivity contribution in [3.05, 3.63) is 59.7 Å². The predicted octanol–water partition coefficient (Wildman–Crippen LogP) is 3.44. The Morgan fingerprint density at radius 1 is 1.05 bits per heavy atom. The van der Waals surface area contributed by atoms with E-state index in [1.165, 1.54) is 22.5 Å². The monoisotopic (exact) mass is 282 g/mol. The molecule has 0 unspecified atom stereocenters. The minimum atomic E-state index is 0.812. The lowest BCUT2D eigenvalue weighted by Gasteiger charge is -2.30. The summed E-state index contributed by atoms with van der Waals surface area (Å²) in [6.45, 7) is 6.53. The number of hydrogen-bond donors (Lipinski definition) is 1. The van der Waals surface area contributed by atoms with Crippen molar-refractivity contribution in [3.8, 4) is 0 Å². The molecule has 1 fully saturated rings. The van der Waals surface area contributed by atoms with Crippen LogP contribution in [0.2, 0.25) is 0 Å². The average molecular weight is 282 g/mol. The largest absolute Gasteiger partial charge is 0.379 e. The third-order valence-electron chi connectivity index (χ3n) is 3.82. The van der Waals surface area contributed by atoms with Crippen molar-refractivity contribution in [3.63, 3.8) is 0 Å². The zero-order valence-electron chi connectivity index (χ0n) is 12.5. The molecule has 1 N–H and O–H groups in total. The van der Waals surface area contributed by atoms with Gasteiger partial charge in [-0.25, -0.2) is 0 Å². The lowest BCUT2D eigenvalue weighted by atomic mass is 10.1. The summed E-state index contributed by atoms with van der Waals surface area (Å²) in [6.07, 6.45) is 0. The summed E-state index contributed by atoms with van der Waals surface area (Å²) in [5.41, 5.74) is 5.08. The Kier molecular flexibility index (Phi) is 4.41. The highest BCUT2D eigenvalue weighted by Crippen LogP contribution is 2.26. The molecule has 3 nitrogen and oxygen atoms in total. The van der Waals surface area contributed by atoms with Crippen LogP contribution in [0.1, 0.15) is 11.1 Å². The average Bonchev–Trinajstić information content (AvgIpc) is 2.54. The molecule has 0 amide bonds. The first kappa shape index (κ1) is 14.0. The first-order chi connectivity index (χ1) is 10.3. The number of anilines is 2. The van der Waals surface area contributed by atoms with Gasteiger partial charge in [0.2, 0.25) is 0 Å². The van der Waals surface area contributed by atoms with Gasteiger partial charge in [0.25, 0.3) is 0 Å². The van der Waals surface area contributed by atoms with Crippen molar-refractivity contribution in [1.82, 2.24) is 0 Å². The van der Waals surface area contributed by atoms with Crippen LogP contribution in [0.15, 0.2) is 48.5 Å². The standard InChI is InChI=1S/C18H22N2O/c1-15-5-4-6-16(13-15)14-19-17-7-2-3-8-18(17)20-9-11-21-12-10-20/h2-8,13,19H,9-12,14H2,1H3. The van der Waals surface area contributed by atoms with E-state index in [0.717, 1.165) is 32.8 Å². The Balaban J connectivity index is 1.73. The number of benzene rings is 2. The molecule has 0 atom stereocenters. The van der Waals surface area contributed by atoms with Crippen LogP contribution in [0.4, 0.5) is 11.4 Å². The maximum absolute atomic E-state index is 5.44. The molecule has 1 saturated heterocycles. The van der Waals surface area contributed by atoms with Crippen LogP contribution in [0.3, 0.4) is 0 Å². The topological polar surface area (TPSA) is 24.5 Å². The molecular weight excluding hydrogens is 260 g/mol. The summed E-state index contributed by atoms with van der Waals surface area (Å²) < 4.78 is 5.44. The van der Waals surface area contributed by atoms with E-state index in [1.807, 2.05) is 0 Å². The summed E-state index contributed by atoms with van der Waals surface area (Å²) in [7, 11) is 0. The van der Waals surface area contributed by atoms with Crippen molar-refractivity contribution in [2.24, 2.45) is 0 Å². The Labute approximate surface area is 126 Å². The van der Waals surface area contributed by atoms with E-state index in [-0.39, 0.29) is 0 Å². The minimum Gasteiger partial charge on any atom is -0.379 e. The molecule has 3 rings (SSSR count). The lowest BCUT2D eigenvalue weighted by molar-refractivity contribution is 0.123. The molecule has 1 aliphatic rings. The molecule has 2 aromatic carbocycles. The minimum absolute atomic E-state index is 0.812. The maximum Gasteiger partial charge on any atom is 0.0642 e. The Morgan fingerprint density at radius 3 is 2.67 bits per heavy atom. The molecule has 3 heteroatoms. The van der Waals surface area contributed by atoms with E-state index in [0.29, 0.717) is 0 Å². The van der Waals surface area contributed by atoms with Gasteiger partial charge in [0.05, 0.1) is 24.6 Å². The van der Waals surface area contributed by atoms with Gasteiger partial charge in [0.1, 0.15) is 0 Å². The van der Waals surface area contributed by atoms with E-state index < -0.39 is 0 Å². The summed E-state index contributed by atoms with van der Waals surface area (Å²) >= 11 is 0. The molecule has 1 heterocycles. The van der Waals surface area contributed by atoms with Crippen LogP contribution < -0.4 is 10.2 Å². The second-order valence-corrected chi connectivity index (χ2v) is 5.46. The van der Waals surface area contributed by atoms with E-state index in [1.54, 1.807) is 0 Å². The zero-order chi connectivity index (χ0) is 14.5. The molecule has 0 bridgehead atoms. The highest BCUT2D eigenvalue weighted by molar-refractivity contribution is 5.70. The summed E-state index contributed by atoms with van der Waals surface area (Å²) in [5, 5.41) is 3.57. The third-order valence-corrected chi connectivity index (χ3v) is 3.82. The molecule has 0 aromatic heterocycles. The van der Waals surface area contributed by atoms with Crippen molar-refractivity contribution < 1.29 is 4.74 Å². The van der Waals surface area contributed by atoms with Gasteiger partial charge in [-0.15, -0.1) is 0 Å². The summed E-state index contributed by atoms with van der Waals surface area (Å²) in [6, 6.07) is 17.2. The first-order valence-corrected chi connectivity index (χ1v) is 7.54. The normalized spacial score (nSPS) is 15.0. The molecule has 0 aliphatic carbocycles. The number of para-hydroxylation sites is 2. The fraction of sp³-hybridized carbons (Fsp3) is 0.333. The van der Waals surface area contributed by atoms with E-state index >= 15 is 0 Å². The van der Waals surface area contributed by atoms with Crippen LogP contribution in [0, 0.1) is 6.92 Å². The van der Waals surface area contributed by atoms with Crippen molar-refractivity contribution >= 4 is 11.4 Å². The molecule has 110 valence electrons. The first-order valence-electron chi connectivity index (χ1n) is 7.54. The molecular formula is C18H22N2O. The van der Waals surface area contributed by atoms with Gasteiger partial charge < -0.3 is 15.0 Å². The summed E-state index contributed by atoms with van der Waals surface area (Å²) in [5.74, 6) is 0. The quantitative estimate of drug-likeness (QED) is 0.929. The van der Waals surface area contributed by atoms with Crippen LogP contribution in [0.25, 0.3) is 0 Å². The lowest BCUT2D eigenvalue weighted by Crippen LogP contribution is -2.36. The zero-order valence-corrected chi connectivity index (χ0v) is 12.5. The van der Waals surface area contributed by atoms with Gasteiger partial charge in [-0.05, 0) is 24.6 Å². The highest BCUT2D eigenvalue weighted by atomic mass is 16.5. The van der Waals surface area contributed by atoms with Crippen molar-refractivity contribution in [2.45, 2.75) is 13.5 Å². The summed E-state index contributed by atoms with van der Waals surface area (Å²) in [4.78, 5) is 2.39. The highest BCUT2D eigenvalue weighted by Gasteiger charge is 2.14. The van der Waals surface area contributed by atoms with Crippen LogP contribution >= 0.6 is 0 Å². The van der Waals surface area contributed by atoms with Crippen molar-refractivity contribution in [2.75, 3.05) is 36.5 Å². The van der Waals surface area contributed by atoms with Gasteiger partial charge in [-0.3, -0.25) is 0 Å². The number of nitrogens with zero attached hydrogens (tertiary/aromatic N) is 1. The van der Waals surface area contributed by atoms with Crippen molar-refractivity contribution in [1.29, 1.82) is 0 Å². The fourth-order valence-electron chi connectivity index (χ4n) is 2.72. The van der Waals surface area contributed by atoms with Crippen LogP contribution in [-0.4, -0.2) is 26.3 Å². The molecule has 0 radical (unpaired) electrons. The number of aryl methyl sites for hydroxylation is 1. The van der Waals surface area contributed by atoms with Gasteiger partial charge in [0, 0.05) is 19.6 Å². The molecule has 1 aliphatic heterocycles. The van der Waals surface area contributed by atoms with E-state index in [2.05, 4.69) is 65.7 Å². The number of nitrogens with one attached hydrogen (secondary N) is 1. The van der Waals surface area contributed by atoms with Gasteiger partial charge in [0.15, 0.2) is 0 Å². The SMILES string of the molecule is Cc1cccc(CNc2ccccc2N2CCOCC2)c1. The number of morpholine rings is 1. The third kappa shape index (κ3) is 3.56. The van der Waals surface area contributed by atoms with Crippen LogP contribution in [-0.2, 0) is 11.3 Å². The molecule has 0 spiro atoms. The van der Waals surface area contributed by atoms with E-state index in [4.69, 9.17) is 4.74 Å². The number of hydrogen-bond acceptors (Lipinski definition) is 3. The van der Waals surface area contributed by atoms with Crippen LogP contribution in [0.5, 0.6) is 0 Å². The molecule has 0 saturated carbocycles. The molecule has 21 heavy (non-hydrogen) atoms. The van der Waals surface area contributed by atoms with Gasteiger partial charge in [-0.1, -0.05) is 42.0 Å².